The molecule has 2 heterocycles. The normalized spacial score (nSPS) is 17.2. The van der Waals surface area contributed by atoms with Gasteiger partial charge in [-0.1, -0.05) is 18.2 Å². The Morgan fingerprint density at radius 1 is 1.45 bits per heavy atom. The van der Waals surface area contributed by atoms with E-state index in [1.807, 2.05) is 30.5 Å². The van der Waals surface area contributed by atoms with Crippen LogP contribution in [0.4, 0.5) is 5.13 Å². The molecule has 20 heavy (non-hydrogen) atoms. The molecule has 6 heteroatoms. The van der Waals surface area contributed by atoms with Crippen molar-refractivity contribution in [1.29, 1.82) is 0 Å². The Morgan fingerprint density at radius 2 is 2.25 bits per heavy atom. The molecule has 2 N–H and O–H groups in total. The smallest absolute Gasteiger partial charge is 0.252 e. The molecule has 0 fully saturated rings. The van der Waals surface area contributed by atoms with Gasteiger partial charge in [-0.3, -0.25) is 9.59 Å². The third kappa shape index (κ3) is 2.42. The van der Waals surface area contributed by atoms with Crippen molar-refractivity contribution in [3.05, 3.63) is 46.5 Å². The number of amides is 2. The summed E-state index contributed by atoms with van der Waals surface area (Å²) in [7, 11) is 0. The van der Waals surface area contributed by atoms with Gasteiger partial charge in [0.05, 0.1) is 5.69 Å². The number of thiazole rings is 1. The van der Waals surface area contributed by atoms with Gasteiger partial charge in [-0.05, 0) is 18.6 Å². The fraction of sp³-hybridized carbons (Fsp3) is 0.214. The molecule has 0 radical (unpaired) electrons. The number of benzene rings is 1. The molecule has 2 aromatic rings. The largest absolute Gasteiger partial charge is 0.340 e. The Bertz CT molecular complexity index is 681. The number of nitrogens with one attached hydrogen (secondary N) is 2. The summed E-state index contributed by atoms with van der Waals surface area (Å²) in [6.07, 6.45) is 0.498. The van der Waals surface area contributed by atoms with E-state index in [1.165, 1.54) is 11.3 Å². The standard InChI is InChI=1S/C14H13N3O2S/c1-8-7-20-14(15-8)17-13(19)11-6-9-4-2-3-5-10(9)12(18)16-11/h2-5,7,11H,6H2,1H3,(H,16,18)(H,15,17,19). The first-order valence-electron chi connectivity index (χ1n) is 6.25. The third-order valence-electron chi connectivity index (χ3n) is 3.16. The fourth-order valence-corrected chi connectivity index (χ4v) is 2.88. The van der Waals surface area contributed by atoms with Gasteiger partial charge in [0.15, 0.2) is 5.13 Å². The molecule has 1 aliphatic rings. The topological polar surface area (TPSA) is 71.1 Å². The Hall–Kier alpha value is -2.21. The lowest BCUT2D eigenvalue weighted by Crippen LogP contribution is -2.48. The van der Waals surface area contributed by atoms with E-state index in [2.05, 4.69) is 15.6 Å². The number of nitrogens with zero attached hydrogens (tertiary/aromatic N) is 1. The Kier molecular flexibility index (Phi) is 3.23. The van der Waals surface area contributed by atoms with Crippen molar-refractivity contribution < 1.29 is 9.59 Å². The van der Waals surface area contributed by atoms with Crippen LogP contribution in [0.3, 0.4) is 0 Å². The van der Waals surface area contributed by atoms with Crippen LogP contribution in [-0.2, 0) is 11.2 Å². The molecule has 0 saturated heterocycles. The number of hydrogen-bond acceptors (Lipinski definition) is 4. The van der Waals surface area contributed by atoms with Gasteiger partial charge >= 0.3 is 0 Å². The molecular formula is C14H13N3O2S. The van der Waals surface area contributed by atoms with Crippen LogP contribution in [0, 0.1) is 6.92 Å². The van der Waals surface area contributed by atoms with Crippen LogP contribution in [0.15, 0.2) is 29.6 Å². The molecular weight excluding hydrogens is 274 g/mol. The minimum absolute atomic E-state index is 0.206. The first-order chi connectivity index (χ1) is 9.63. The minimum atomic E-state index is -0.554. The molecule has 3 rings (SSSR count). The van der Waals surface area contributed by atoms with Crippen LogP contribution in [0.5, 0.6) is 0 Å². The summed E-state index contributed by atoms with van der Waals surface area (Å²) in [4.78, 5) is 28.3. The molecule has 5 nitrogen and oxygen atoms in total. The quantitative estimate of drug-likeness (QED) is 0.884. The predicted molar refractivity (Wildman–Crippen MR) is 76.9 cm³/mol. The van der Waals surface area contributed by atoms with Crippen molar-refractivity contribution in [2.24, 2.45) is 0 Å². The van der Waals surface area contributed by atoms with Crippen LogP contribution in [0.2, 0.25) is 0 Å². The predicted octanol–water partition coefficient (Wildman–Crippen LogP) is 1.74. The maximum atomic E-state index is 12.2. The second-order valence-corrected chi connectivity index (χ2v) is 5.53. The first kappa shape index (κ1) is 12.8. The lowest BCUT2D eigenvalue weighted by molar-refractivity contribution is -0.118. The summed E-state index contributed by atoms with van der Waals surface area (Å²) in [6.45, 7) is 1.87. The van der Waals surface area contributed by atoms with E-state index >= 15 is 0 Å². The van der Waals surface area contributed by atoms with E-state index in [4.69, 9.17) is 0 Å². The summed E-state index contributed by atoms with van der Waals surface area (Å²) in [5.41, 5.74) is 2.40. The molecule has 0 spiro atoms. The van der Waals surface area contributed by atoms with E-state index in [0.29, 0.717) is 17.1 Å². The summed E-state index contributed by atoms with van der Waals surface area (Å²) in [5.74, 6) is -0.440. The molecule has 0 saturated carbocycles. The van der Waals surface area contributed by atoms with Gasteiger partial charge in [0.1, 0.15) is 6.04 Å². The fourth-order valence-electron chi connectivity index (χ4n) is 2.19. The maximum Gasteiger partial charge on any atom is 0.252 e. The van der Waals surface area contributed by atoms with E-state index < -0.39 is 6.04 Å². The highest BCUT2D eigenvalue weighted by Crippen LogP contribution is 2.19. The lowest BCUT2D eigenvalue weighted by Gasteiger charge is -2.24. The molecule has 102 valence electrons. The Balaban J connectivity index is 1.76. The average Bonchev–Trinajstić information content (AvgIpc) is 2.84. The highest BCUT2D eigenvalue weighted by Gasteiger charge is 2.29. The van der Waals surface area contributed by atoms with Crippen molar-refractivity contribution in [2.75, 3.05) is 5.32 Å². The number of carbonyl (C=O) groups is 2. The van der Waals surface area contributed by atoms with Crippen LogP contribution >= 0.6 is 11.3 Å². The average molecular weight is 287 g/mol. The molecule has 1 aliphatic heterocycles. The second kappa shape index (κ2) is 5.05. The highest BCUT2D eigenvalue weighted by molar-refractivity contribution is 7.13. The third-order valence-corrected chi connectivity index (χ3v) is 4.03. The Morgan fingerprint density at radius 3 is 3.00 bits per heavy atom. The summed E-state index contributed by atoms with van der Waals surface area (Å²) >= 11 is 1.37. The van der Waals surface area contributed by atoms with Gasteiger partial charge in [0.25, 0.3) is 5.91 Å². The lowest BCUT2D eigenvalue weighted by atomic mass is 9.95. The van der Waals surface area contributed by atoms with Gasteiger partial charge in [0, 0.05) is 17.4 Å². The van der Waals surface area contributed by atoms with Crippen molar-refractivity contribution in [1.82, 2.24) is 10.3 Å². The van der Waals surface area contributed by atoms with E-state index in [-0.39, 0.29) is 11.8 Å². The van der Waals surface area contributed by atoms with Gasteiger partial charge in [-0.25, -0.2) is 4.98 Å². The summed E-state index contributed by atoms with van der Waals surface area (Å²) < 4.78 is 0. The molecule has 1 atom stereocenters. The molecule has 1 aromatic heterocycles. The highest BCUT2D eigenvalue weighted by atomic mass is 32.1. The zero-order valence-corrected chi connectivity index (χ0v) is 11.7. The number of aromatic nitrogens is 1. The van der Waals surface area contributed by atoms with E-state index in [9.17, 15) is 9.59 Å². The maximum absolute atomic E-state index is 12.2. The summed E-state index contributed by atoms with van der Waals surface area (Å²) in [5, 5.41) is 7.88. The number of carbonyl (C=O) groups excluding carboxylic acids is 2. The molecule has 2 amide bonds. The SMILES string of the molecule is Cc1csc(NC(=O)C2Cc3ccccc3C(=O)N2)n1. The van der Waals surface area contributed by atoms with E-state index in [0.717, 1.165) is 11.3 Å². The molecule has 1 unspecified atom stereocenters. The molecule has 0 aliphatic carbocycles. The monoisotopic (exact) mass is 287 g/mol. The number of aryl methyl sites for hydroxylation is 1. The number of rotatable bonds is 2. The van der Waals surface area contributed by atoms with E-state index in [1.54, 1.807) is 6.07 Å². The molecule has 0 bridgehead atoms. The number of anilines is 1. The first-order valence-corrected chi connectivity index (χ1v) is 7.13. The van der Waals surface area contributed by atoms with Gasteiger partial charge in [0.2, 0.25) is 5.91 Å². The van der Waals surface area contributed by atoms with Crippen LogP contribution in [0.1, 0.15) is 21.6 Å². The zero-order valence-electron chi connectivity index (χ0n) is 10.8. The van der Waals surface area contributed by atoms with Crippen molar-refractivity contribution in [2.45, 2.75) is 19.4 Å². The van der Waals surface area contributed by atoms with Crippen LogP contribution in [-0.4, -0.2) is 22.8 Å². The molecule has 1 aromatic carbocycles. The van der Waals surface area contributed by atoms with Crippen LogP contribution in [0.25, 0.3) is 0 Å². The van der Waals surface area contributed by atoms with Crippen molar-refractivity contribution >= 4 is 28.3 Å². The van der Waals surface area contributed by atoms with Crippen LogP contribution < -0.4 is 10.6 Å². The minimum Gasteiger partial charge on any atom is -0.340 e. The van der Waals surface area contributed by atoms with Crippen molar-refractivity contribution in [3.8, 4) is 0 Å². The van der Waals surface area contributed by atoms with Gasteiger partial charge in [-0.15, -0.1) is 11.3 Å². The number of fused-ring (bicyclic) bond motifs is 1. The second-order valence-electron chi connectivity index (χ2n) is 4.67. The number of hydrogen-bond donors (Lipinski definition) is 2. The van der Waals surface area contributed by atoms with Gasteiger partial charge in [-0.2, -0.15) is 0 Å². The van der Waals surface area contributed by atoms with Gasteiger partial charge < -0.3 is 10.6 Å². The summed E-state index contributed by atoms with van der Waals surface area (Å²) in [6, 6.07) is 6.78. The van der Waals surface area contributed by atoms with Crippen molar-refractivity contribution in [3.63, 3.8) is 0 Å². The zero-order chi connectivity index (χ0) is 14.1. The Labute approximate surface area is 120 Å².